The van der Waals surface area contributed by atoms with Crippen LogP contribution in [0, 0.1) is 29.6 Å². The van der Waals surface area contributed by atoms with Gasteiger partial charge in [0.25, 0.3) is 5.91 Å². The van der Waals surface area contributed by atoms with Crippen molar-refractivity contribution in [2.45, 2.75) is 34.1 Å². The first-order valence-corrected chi connectivity index (χ1v) is 9.45. The van der Waals surface area contributed by atoms with Gasteiger partial charge in [-0.25, -0.2) is 9.69 Å². The number of hydrogen-bond donors (Lipinski definition) is 1. The zero-order chi connectivity index (χ0) is 20.9. The Morgan fingerprint density at radius 2 is 2.14 bits per heavy atom. The van der Waals surface area contributed by atoms with Gasteiger partial charge in [-0.1, -0.05) is 38.3 Å². The lowest BCUT2D eigenvalue weighted by atomic mass is 10.1. The van der Waals surface area contributed by atoms with Crippen LogP contribution in [0.5, 0.6) is 0 Å². The summed E-state index contributed by atoms with van der Waals surface area (Å²) in [5, 5.41) is 0. The molecule has 8 nitrogen and oxygen atoms in total. The first-order chi connectivity index (χ1) is 13.2. The van der Waals surface area contributed by atoms with Crippen molar-refractivity contribution in [3.8, 4) is 12.3 Å². The summed E-state index contributed by atoms with van der Waals surface area (Å²) in [4.78, 5) is 43.9. The quantitative estimate of drug-likeness (QED) is 0.152. The van der Waals surface area contributed by atoms with Gasteiger partial charge < -0.3 is 14.5 Å². The number of nitrogens with one attached hydrogen (secondary N) is 1. The molecule has 0 radical (unpaired) electrons. The maximum Gasteiger partial charge on any atom is 0.330 e. The van der Waals surface area contributed by atoms with Crippen LogP contribution in [0.4, 0.5) is 4.79 Å². The van der Waals surface area contributed by atoms with Gasteiger partial charge in [0.1, 0.15) is 6.54 Å². The number of terminal acetylenes is 1. The summed E-state index contributed by atoms with van der Waals surface area (Å²) >= 11 is 0. The molecule has 2 unspecified atom stereocenters. The third-order valence-corrected chi connectivity index (χ3v) is 5.13. The highest BCUT2D eigenvalue weighted by Crippen LogP contribution is 2.59. The van der Waals surface area contributed by atoms with E-state index >= 15 is 0 Å². The van der Waals surface area contributed by atoms with Gasteiger partial charge in [0.05, 0.1) is 19.1 Å². The number of carbonyl (C=O) groups excluding carboxylic acids is 3. The van der Waals surface area contributed by atoms with Crippen molar-refractivity contribution in [2.24, 2.45) is 17.3 Å². The molecule has 0 aromatic rings. The summed E-state index contributed by atoms with van der Waals surface area (Å²) in [5.74, 6) is 1.22. The van der Waals surface area contributed by atoms with Crippen molar-refractivity contribution in [3.05, 3.63) is 11.6 Å². The van der Waals surface area contributed by atoms with E-state index in [2.05, 4.69) is 17.5 Å². The van der Waals surface area contributed by atoms with Crippen LogP contribution in [0.3, 0.4) is 0 Å². The average Bonchev–Trinajstić information content (AvgIpc) is 3.05. The normalized spacial score (nSPS) is 23.8. The number of imide groups is 1. The van der Waals surface area contributed by atoms with Gasteiger partial charge in [0.2, 0.25) is 0 Å². The van der Waals surface area contributed by atoms with Crippen molar-refractivity contribution in [3.63, 3.8) is 0 Å². The van der Waals surface area contributed by atoms with Crippen LogP contribution in [0.15, 0.2) is 11.6 Å². The Morgan fingerprint density at radius 3 is 2.79 bits per heavy atom. The summed E-state index contributed by atoms with van der Waals surface area (Å²) < 4.78 is 5.28. The standard InChI is InChI=1S/C20H29N3O5/c1-6-8-22-12-16(24)23(19(22)26)13-27-18(25)17-15(20(17,4)5)10-14(3)11-21-28-9-7-2/h1,10,15,17,21H,7-9,11-13H2,2-5H3/b14-10+. The molecule has 154 valence electrons. The van der Waals surface area contributed by atoms with Crippen molar-refractivity contribution in [2.75, 3.05) is 33.0 Å². The van der Waals surface area contributed by atoms with E-state index in [0.717, 1.165) is 16.9 Å². The van der Waals surface area contributed by atoms with E-state index in [1.54, 1.807) is 0 Å². The lowest BCUT2D eigenvalue weighted by molar-refractivity contribution is -0.151. The smallest absolute Gasteiger partial charge is 0.330 e. The minimum absolute atomic E-state index is 0.0379. The molecular weight excluding hydrogens is 362 g/mol. The van der Waals surface area contributed by atoms with Gasteiger partial charge in [-0.3, -0.25) is 9.59 Å². The highest BCUT2D eigenvalue weighted by atomic mass is 16.6. The minimum Gasteiger partial charge on any atom is -0.443 e. The molecule has 2 atom stereocenters. The largest absolute Gasteiger partial charge is 0.443 e. The number of ether oxygens (including phenoxy) is 1. The molecule has 0 spiro atoms. The second kappa shape index (κ2) is 9.22. The van der Waals surface area contributed by atoms with E-state index < -0.39 is 17.9 Å². The summed E-state index contributed by atoms with van der Waals surface area (Å²) in [6, 6.07) is -0.531. The van der Waals surface area contributed by atoms with Crippen LogP contribution in [0.25, 0.3) is 0 Å². The number of allylic oxidation sites excluding steroid dienone is 1. The maximum absolute atomic E-state index is 12.5. The van der Waals surface area contributed by atoms with Crippen molar-refractivity contribution in [1.29, 1.82) is 0 Å². The summed E-state index contributed by atoms with van der Waals surface area (Å²) in [6.07, 6.45) is 8.17. The number of hydrogen-bond acceptors (Lipinski definition) is 6. The second-order valence-electron chi connectivity index (χ2n) is 7.76. The topological polar surface area (TPSA) is 88.2 Å². The van der Waals surface area contributed by atoms with Crippen LogP contribution in [-0.2, 0) is 19.2 Å². The Balaban J connectivity index is 1.86. The lowest BCUT2D eigenvalue weighted by Crippen LogP contribution is -2.36. The molecule has 1 saturated carbocycles. The van der Waals surface area contributed by atoms with Crippen LogP contribution in [0.2, 0.25) is 0 Å². The average molecular weight is 391 g/mol. The van der Waals surface area contributed by atoms with Gasteiger partial charge in [0.15, 0.2) is 6.73 Å². The van der Waals surface area contributed by atoms with Gasteiger partial charge in [-0.05, 0) is 24.7 Å². The Labute approximate surface area is 166 Å². The van der Waals surface area contributed by atoms with E-state index in [9.17, 15) is 14.4 Å². The molecule has 0 bridgehead atoms. The molecule has 2 aliphatic rings. The van der Waals surface area contributed by atoms with E-state index in [1.165, 1.54) is 4.90 Å². The minimum atomic E-state index is -0.531. The number of hydroxylamine groups is 1. The van der Waals surface area contributed by atoms with Gasteiger partial charge >= 0.3 is 12.0 Å². The molecule has 3 amide bonds. The van der Waals surface area contributed by atoms with Crippen molar-refractivity contribution < 1.29 is 24.0 Å². The molecule has 1 saturated heterocycles. The first-order valence-electron chi connectivity index (χ1n) is 9.45. The lowest BCUT2D eigenvalue weighted by Gasteiger charge is -2.15. The number of nitrogens with zero attached hydrogens (tertiary/aromatic N) is 2. The van der Waals surface area contributed by atoms with Crippen LogP contribution < -0.4 is 5.48 Å². The number of carbonyl (C=O) groups is 3. The number of esters is 1. The fourth-order valence-corrected chi connectivity index (χ4v) is 3.32. The van der Waals surface area contributed by atoms with Gasteiger partial charge in [-0.2, -0.15) is 5.48 Å². The molecule has 8 heteroatoms. The third-order valence-electron chi connectivity index (χ3n) is 5.13. The predicted octanol–water partition coefficient (Wildman–Crippen LogP) is 1.53. The van der Waals surface area contributed by atoms with E-state index in [1.807, 2.05) is 27.7 Å². The molecule has 1 N–H and O–H groups in total. The fraction of sp³-hybridized carbons (Fsp3) is 0.650. The zero-order valence-corrected chi connectivity index (χ0v) is 17.0. The number of amides is 3. The van der Waals surface area contributed by atoms with E-state index in [4.69, 9.17) is 16.0 Å². The number of urea groups is 1. The Morgan fingerprint density at radius 1 is 1.43 bits per heavy atom. The van der Waals surface area contributed by atoms with Gasteiger partial charge in [0, 0.05) is 6.54 Å². The first kappa shape index (κ1) is 21.9. The van der Waals surface area contributed by atoms with Gasteiger partial charge in [-0.15, -0.1) is 6.42 Å². The van der Waals surface area contributed by atoms with Crippen molar-refractivity contribution in [1.82, 2.24) is 15.3 Å². The highest BCUT2D eigenvalue weighted by Gasteiger charge is 2.61. The molecular formula is C20H29N3O5. The summed E-state index contributed by atoms with van der Waals surface area (Å²) in [5.41, 5.74) is 3.72. The summed E-state index contributed by atoms with van der Waals surface area (Å²) in [6.45, 7) is 8.79. The van der Waals surface area contributed by atoms with E-state index in [-0.39, 0.29) is 37.1 Å². The molecule has 0 aromatic carbocycles. The summed E-state index contributed by atoms with van der Waals surface area (Å²) in [7, 11) is 0. The van der Waals surface area contributed by atoms with Crippen LogP contribution in [0.1, 0.15) is 34.1 Å². The predicted molar refractivity (Wildman–Crippen MR) is 102 cm³/mol. The van der Waals surface area contributed by atoms with E-state index in [0.29, 0.717) is 13.2 Å². The molecule has 1 aliphatic heterocycles. The monoisotopic (exact) mass is 391 g/mol. The zero-order valence-electron chi connectivity index (χ0n) is 17.0. The Bertz CT molecular complexity index is 694. The molecule has 2 fully saturated rings. The molecule has 2 rings (SSSR count). The SMILES string of the molecule is C#CCN1CC(=O)N(COC(=O)C2C(/C=C(\C)CNOCCC)C2(C)C)C1=O. The Hall–Kier alpha value is -2.37. The second-order valence-corrected chi connectivity index (χ2v) is 7.76. The van der Waals surface area contributed by atoms with Crippen LogP contribution in [-0.4, -0.2) is 60.7 Å². The third kappa shape index (κ3) is 4.91. The molecule has 1 aliphatic carbocycles. The Kier molecular flexibility index (Phi) is 7.22. The molecule has 0 aromatic heterocycles. The fourth-order valence-electron chi connectivity index (χ4n) is 3.32. The highest BCUT2D eigenvalue weighted by molar-refractivity contribution is 6.02. The number of rotatable bonds is 10. The van der Waals surface area contributed by atoms with Crippen molar-refractivity contribution >= 4 is 17.9 Å². The van der Waals surface area contributed by atoms with Crippen LogP contribution >= 0.6 is 0 Å². The molecule has 28 heavy (non-hydrogen) atoms. The molecule has 1 heterocycles. The maximum atomic E-state index is 12.5.